The van der Waals surface area contributed by atoms with E-state index in [1.807, 2.05) is 13.8 Å². The van der Waals surface area contributed by atoms with Crippen molar-refractivity contribution in [3.05, 3.63) is 0 Å². The van der Waals surface area contributed by atoms with Crippen LogP contribution in [0.2, 0.25) is 0 Å². The van der Waals surface area contributed by atoms with Crippen molar-refractivity contribution >= 4 is 11.8 Å². The summed E-state index contributed by atoms with van der Waals surface area (Å²) in [4.78, 5) is 24.9. The number of amides is 2. The molecule has 0 saturated carbocycles. The number of likely N-dealkylation sites (tertiary alicyclic amines) is 1. The minimum atomic E-state index is -0.457. The minimum absolute atomic E-state index is 0.0512. The van der Waals surface area contributed by atoms with Crippen molar-refractivity contribution in [2.24, 2.45) is 23.3 Å². The van der Waals surface area contributed by atoms with E-state index < -0.39 is 6.04 Å². The number of piperidine rings is 1. The number of hydrogen-bond donors (Lipinski definition) is 2. The Balaban J connectivity index is 2.54. The summed E-state index contributed by atoms with van der Waals surface area (Å²) in [6.07, 6.45) is 2.28. The highest BCUT2D eigenvalue weighted by molar-refractivity contribution is 5.83. The molecule has 1 unspecified atom stereocenters. The lowest BCUT2D eigenvalue weighted by atomic mass is 9.96. The first kappa shape index (κ1) is 14.0. The van der Waals surface area contributed by atoms with Crippen LogP contribution < -0.4 is 11.5 Å². The molecule has 1 saturated heterocycles. The van der Waals surface area contributed by atoms with Crippen molar-refractivity contribution in [2.45, 2.75) is 39.2 Å². The number of nitrogens with zero attached hydrogens (tertiary/aromatic N) is 1. The standard InChI is InChI=1S/C12H23N3O2/c1-8(2)6-10(13)12(17)15-5-3-4-9(7-15)11(14)16/h8-10H,3-7,13H2,1-2H3,(H2,14,16)/t9?,10-/m0/s1. The fourth-order valence-electron chi connectivity index (χ4n) is 2.25. The summed E-state index contributed by atoms with van der Waals surface area (Å²) >= 11 is 0. The zero-order valence-electron chi connectivity index (χ0n) is 10.7. The Morgan fingerprint density at radius 2 is 2.06 bits per heavy atom. The van der Waals surface area contributed by atoms with Crippen LogP contribution in [0.4, 0.5) is 0 Å². The van der Waals surface area contributed by atoms with Crippen LogP contribution in [0.25, 0.3) is 0 Å². The largest absolute Gasteiger partial charge is 0.369 e. The second kappa shape index (κ2) is 6.00. The van der Waals surface area contributed by atoms with Gasteiger partial charge < -0.3 is 16.4 Å². The van der Waals surface area contributed by atoms with E-state index >= 15 is 0 Å². The smallest absolute Gasteiger partial charge is 0.239 e. The van der Waals surface area contributed by atoms with Crippen LogP contribution in [0.5, 0.6) is 0 Å². The Morgan fingerprint density at radius 1 is 1.41 bits per heavy atom. The van der Waals surface area contributed by atoms with E-state index in [9.17, 15) is 9.59 Å². The van der Waals surface area contributed by atoms with Gasteiger partial charge in [-0.25, -0.2) is 0 Å². The number of carbonyl (C=O) groups excluding carboxylic acids is 2. The Bertz CT molecular complexity index is 291. The normalized spacial score (nSPS) is 22.6. The van der Waals surface area contributed by atoms with Crippen LogP contribution in [-0.4, -0.2) is 35.8 Å². The summed E-state index contributed by atoms with van der Waals surface area (Å²) in [5.74, 6) is -0.186. The van der Waals surface area contributed by atoms with Gasteiger partial charge in [0.2, 0.25) is 11.8 Å². The molecule has 1 aliphatic heterocycles. The van der Waals surface area contributed by atoms with Gasteiger partial charge in [-0.05, 0) is 25.2 Å². The molecule has 5 nitrogen and oxygen atoms in total. The van der Waals surface area contributed by atoms with Crippen LogP contribution in [0.15, 0.2) is 0 Å². The van der Waals surface area contributed by atoms with Gasteiger partial charge in [-0.15, -0.1) is 0 Å². The molecule has 0 aromatic heterocycles. The highest BCUT2D eigenvalue weighted by atomic mass is 16.2. The third kappa shape index (κ3) is 4.00. The first-order valence-electron chi connectivity index (χ1n) is 6.25. The molecule has 4 N–H and O–H groups in total. The molecule has 0 aliphatic carbocycles. The highest BCUT2D eigenvalue weighted by Gasteiger charge is 2.29. The van der Waals surface area contributed by atoms with E-state index in [-0.39, 0.29) is 17.7 Å². The predicted octanol–water partition coefficient (Wildman–Crippen LogP) is 0.0837. The summed E-state index contributed by atoms with van der Waals surface area (Å²) in [6, 6.07) is -0.457. The van der Waals surface area contributed by atoms with Crippen molar-refractivity contribution in [3.63, 3.8) is 0 Å². The number of nitrogens with two attached hydrogens (primary N) is 2. The van der Waals surface area contributed by atoms with Gasteiger partial charge in [0.15, 0.2) is 0 Å². The monoisotopic (exact) mass is 241 g/mol. The minimum Gasteiger partial charge on any atom is -0.369 e. The van der Waals surface area contributed by atoms with Crippen molar-refractivity contribution in [3.8, 4) is 0 Å². The third-order valence-corrected chi connectivity index (χ3v) is 3.18. The first-order valence-corrected chi connectivity index (χ1v) is 6.25. The lowest BCUT2D eigenvalue weighted by molar-refractivity contribution is -0.136. The van der Waals surface area contributed by atoms with Gasteiger partial charge in [-0.2, -0.15) is 0 Å². The van der Waals surface area contributed by atoms with Gasteiger partial charge in [0.1, 0.15) is 0 Å². The number of primary amides is 1. The first-order chi connectivity index (χ1) is 7.91. The van der Waals surface area contributed by atoms with E-state index in [0.717, 1.165) is 12.8 Å². The zero-order valence-corrected chi connectivity index (χ0v) is 10.7. The van der Waals surface area contributed by atoms with Crippen LogP contribution >= 0.6 is 0 Å². The lowest BCUT2D eigenvalue weighted by Crippen LogP contribution is -2.50. The quantitative estimate of drug-likeness (QED) is 0.730. The summed E-state index contributed by atoms with van der Waals surface area (Å²) in [5, 5.41) is 0. The Kier molecular flexibility index (Phi) is 4.93. The summed E-state index contributed by atoms with van der Waals surface area (Å²) in [7, 11) is 0. The molecule has 1 rings (SSSR count). The maximum absolute atomic E-state index is 12.1. The molecular weight excluding hydrogens is 218 g/mol. The van der Waals surface area contributed by atoms with Gasteiger partial charge in [0.25, 0.3) is 0 Å². The van der Waals surface area contributed by atoms with E-state index in [1.165, 1.54) is 0 Å². The van der Waals surface area contributed by atoms with Crippen LogP contribution in [-0.2, 0) is 9.59 Å². The number of carbonyl (C=O) groups is 2. The van der Waals surface area contributed by atoms with Gasteiger partial charge in [-0.1, -0.05) is 13.8 Å². The van der Waals surface area contributed by atoms with Crippen molar-refractivity contribution in [1.82, 2.24) is 4.90 Å². The van der Waals surface area contributed by atoms with E-state index in [2.05, 4.69) is 0 Å². The number of rotatable bonds is 4. The second-order valence-corrected chi connectivity index (χ2v) is 5.26. The molecule has 5 heteroatoms. The summed E-state index contributed by atoms with van der Waals surface area (Å²) in [5.41, 5.74) is 11.1. The maximum Gasteiger partial charge on any atom is 0.239 e. The average Bonchev–Trinajstić information content (AvgIpc) is 2.27. The summed E-state index contributed by atoms with van der Waals surface area (Å²) in [6.45, 7) is 5.19. The fraction of sp³-hybridized carbons (Fsp3) is 0.833. The lowest BCUT2D eigenvalue weighted by Gasteiger charge is -2.33. The van der Waals surface area contributed by atoms with Gasteiger partial charge in [0, 0.05) is 13.1 Å². The Hall–Kier alpha value is -1.10. The molecule has 1 heterocycles. The molecule has 0 spiro atoms. The van der Waals surface area contributed by atoms with Crippen LogP contribution in [0, 0.1) is 11.8 Å². The predicted molar refractivity (Wildman–Crippen MR) is 65.9 cm³/mol. The highest BCUT2D eigenvalue weighted by Crippen LogP contribution is 2.17. The van der Waals surface area contributed by atoms with Crippen molar-refractivity contribution < 1.29 is 9.59 Å². The second-order valence-electron chi connectivity index (χ2n) is 5.26. The molecule has 2 atom stereocenters. The molecular formula is C12H23N3O2. The molecule has 1 fully saturated rings. The number of hydrogen-bond acceptors (Lipinski definition) is 3. The van der Waals surface area contributed by atoms with Gasteiger partial charge >= 0.3 is 0 Å². The molecule has 0 bridgehead atoms. The van der Waals surface area contributed by atoms with Crippen molar-refractivity contribution in [1.29, 1.82) is 0 Å². The molecule has 98 valence electrons. The summed E-state index contributed by atoms with van der Waals surface area (Å²) < 4.78 is 0. The van der Waals surface area contributed by atoms with Gasteiger partial charge in [0.05, 0.1) is 12.0 Å². The SMILES string of the molecule is CC(C)C[C@H](N)C(=O)N1CCCC(C(N)=O)C1. The van der Waals surface area contributed by atoms with E-state index in [1.54, 1.807) is 4.90 Å². The maximum atomic E-state index is 12.1. The van der Waals surface area contributed by atoms with Gasteiger partial charge in [-0.3, -0.25) is 9.59 Å². The zero-order chi connectivity index (χ0) is 13.0. The molecule has 2 amide bonds. The Labute approximate surface area is 103 Å². The molecule has 0 radical (unpaired) electrons. The van der Waals surface area contributed by atoms with Crippen molar-refractivity contribution in [2.75, 3.05) is 13.1 Å². The Morgan fingerprint density at radius 3 is 2.59 bits per heavy atom. The fourth-order valence-corrected chi connectivity index (χ4v) is 2.25. The molecule has 0 aromatic carbocycles. The molecule has 17 heavy (non-hydrogen) atoms. The molecule has 1 aliphatic rings. The van der Waals surface area contributed by atoms with Crippen LogP contribution in [0.1, 0.15) is 33.1 Å². The third-order valence-electron chi connectivity index (χ3n) is 3.18. The topological polar surface area (TPSA) is 89.4 Å². The van der Waals surface area contributed by atoms with E-state index in [4.69, 9.17) is 11.5 Å². The average molecular weight is 241 g/mol. The van der Waals surface area contributed by atoms with E-state index in [0.29, 0.717) is 25.4 Å². The van der Waals surface area contributed by atoms with Crippen LogP contribution in [0.3, 0.4) is 0 Å². The molecule has 0 aromatic rings.